The van der Waals surface area contributed by atoms with Crippen LogP contribution in [0.3, 0.4) is 0 Å². The predicted molar refractivity (Wildman–Crippen MR) is 97.4 cm³/mol. The Bertz CT molecular complexity index is 276. The summed E-state index contributed by atoms with van der Waals surface area (Å²) >= 11 is 0. The quantitative estimate of drug-likeness (QED) is 0.392. The molecule has 0 saturated carbocycles. The van der Waals surface area contributed by atoms with Crippen molar-refractivity contribution in [2.75, 3.05) is 0 Å². The second-order valence-corrected chi connectivity index (χ2v) is 8.94. The van der Waals surface area contributed by atoms with Gasteiger partial charge in [-0.3, -0.25) is 5.26 Å². The lowest BCUT2D eigenvalue weighted by molar-refractivity contribution is -0.401. The van der Waals surface area contributed by atoms with E-state index in [2.05, 4.69) is 39.5 Å². The zero-order chi connectivity index (χ0) is 18.9. The van der Waals surface area contributed by atoms with Crippen molar-refractivity contribution in [1.82, 2.24) is 0 Å². The van der Waals surface area contributed by atoms with Crippen LogP contribution >= 0.6 is 0 Å². The second-order valence-electron chi connectivity index (χ2n) is 8.94. The summed E-state index contributed by atoms with van der Waals surface area (Å²) < 4.78 is 0. The van der Waals surface area contributed by atoms with Crippen molar-refractivity contribution in [2.24, 2.45) is 5.41 Å². The van der Waals surface area contributed by atoms with Crippen LogP contribution in [0.25, 0.3) is 0 Å². The molecular formula is C19H42O4. The summed E-state index contributed by atoms with van der Waals surface area (Å²) in [7, 11) is 0. The van der Waals surface area contributed by atoms with Gasteiger partial charge >= 0.3 is 0 Å². The molecule has 0 aromatic carbocycles. The molecule has 23 heavy (non-hydrogen) atoms. The van der Waals surface area contributed by atoms with Gasteiger partial charge in [0, 0.05) is 0 Å². The molecule has 0 aromatic heterocycles. The summed E-state index contributed by atoms with van der Waals surface area (Å²) in [6, 6.07) is 0. The van der Waals surface area contributed by atoms with Crippen molar-refractivity contribution < 1.29 is 19.9 Å². The summed E-state index contributed by atoms with van der Waals surface area (Å²) in [6.07, 6.45) is 3.87. The van der Waals surface area contributed by atoms with E-state index in [9.17, 15) is 0 Å². The van der Waals surface area contributed by atoms with E-state index in [-0.39, 0.29) is 16.6 Å². The van der Waals surface area contributed by atoms with Crippen molar-refractivity contribution in [3.05, 3.63) is 0 Å². The van der Waals surface area contributed by atoms with Gasteiger partial charge in [0.1, 0.15) is 0 Å². The highest BCUT2D eigenvalue weighted by Crippen LogP contribution is 2.32. The summed E-state index contributed by atoms with van der Waals surface area (Å²) in [6.45, 7) is 22.6. The summed E-state index contributed by atoms with van der Waals surface area (Å²) in [5, 5.41) is 8.55. The van der Waals surface area contributed by atoms with Crippen LogP contribution in [-0.4, -0.2) is 22.1 Å². The minimum Gasteiger partial charge on any atom is -0.251 e. The molecule has 4 nitrogen and oxygen atoms in total. The Kier molecular flexibility index (Phi) is 10.9. The molecule has 4 heteroatoms. The lowest BCUT2D eigenvalue weighted by atomic mass is 9.80. The van der Waals surface area contributed by atoms with Gasteiger partial charge in [-0.15, -0.1) is 0 Å². The maximum atomic E-state index is 8.55. The highest BCUT2D eigenvalue weighted by Gasteiger charge is 2.28. The van der Waals surface area contributed by atoms with E-state index in [1.807, 2.05) is 41.5 Å². The zero-order valence-electron chi connectivity index (χ0n) is 17.5. The summed E-state index contributed by atoms with van der Waals surface area (Å²) in [5.74, 6) is 0. The van der Waals surface area contributed by atoms with Crippen molar-refractivity contribution in [1.29, 1.82) is 0 Å². The van der Waals surface area contributed by atoms with Gasteiger partial charge in [-0.2, -0.15) is 0 Å². The van der Waals surface area contributed by atoms with E-state index in [1.54, 1.807) is 0 Å². The van der Waals surface area contributed by atoms with Gasteiger partial charge in [-0.05, 0) is 66.2 Å². The van der Waals surface area contributed by atoms with Gasteiger partial charge < -0.3 is 0 Å². The largest absolute Gasteiger partial charge is 0.251 e. The normalized spacial score (nSPS) is 13.6. The average Bonchev–Trinajstić information content (AvgIpc) is 2.45. The molecule has 0 aliphatic carbocycles. The fraction of sp³-hybridized carbons (Fsp3) is 1.00. The van der Waals surface area contributed by atoms with E-state index in [1.165, 1.54) is 0 Å². The first-order valence-electron chi connectivity index (χ1n) is 8.85. The molecule has 0 fully saturated rings. The molecule has 1 N–H and O–H groups in total. The lowest BCUT2D eigenvalue weighted by Gasteiger charge is -2.31. The van der Waals surface area contributed by atoms with Gasteiger partial charge in [0.05, 0.1) is 16.8 Å². The number of hydrogen-bond donors (Lipinski definition) is 1. The second kappa shape index (κ2) is 9.97. The molecule has 0 spiro atoms. The molecule has 0 bridgehead atoms. The van der Waals surface area contributed by atoms with Crippen LogP contribution in [0, 0.1) is 5.41 Å². The third-order valence-electron chi connectivity index (χ3n) is 4.30. The molecule has 0 rings (SSSR count). The minimum absolute atomic E-state index is 0.174. The molecule has 0 radical (unpaired) electrons. The Balaban J connectivity index is 0. The Morgan fingerprint density at radius 2 is 0.957 bits per heavy atom. The average molecular weight is 335 g/mol. The Hall–Kier alpha value is -0.160. The molecule has 0 aliphatic rings. The molecular weight excluding hydrogens is 292 g/mol. The standard InChI is InChI=1S/C10H22O2.C9H20O2/c1-7-9(3,4)11-12-10(5,6)8-2;1-6-8(2,3)7-9(4,5)11-10/h7-8H2,1-6H3;10H,6-7H2,1-5H3. The van der Waals surface area contributed by atoms with Crippen LogP contribution < -0.4 is 0 Å². The maximum absolute atomic E-state index is 8.55. The monoisotopic (exact) mass is 334 g/mol. The van der Waals surface area contributed by atoms with Crippen LogP contribution in [0.1, 0.15) is 102 Å². The van der Waals surface area contributed by atoms with Crippen LogP contribution in [0.5, 0.6) is 0 Å². The first kappa shape index (κ1) is 25.1. The number of rotatable bonds is 9. The van der Waals surface area contributed by atoms with E-state index in [0.29, 0.717) is 0 Å². The van der Waals surface area contributed by atoms with Crippen molar-refractivity contribution in [3.8, 4) is 0 Å². The van der Waals surface area contributed by atoms with Crippen molar-refractivity contribution in [3.63, 3.8) is 0 Å². The molecule has 0 amide bonds. The molecule has 0 saturated heterocycles. The molecule has 142 valence electrons. The van der Waals surface area contributed by atoms with Gasteiger partial charge in [0.2, 0.25) is 0 Å². The zero-order valence-corrected chi connectivity index (χ0v) is 17.5. The first-order valence-corrected chi connectivity index (χ1v) is 8.85. The van der Waals surface area contributed by atoms with Gasteiger partial charge in [0.25, 0.3) is 0 Å². The van der Waals surface area contributed by atoms with Crippen LogP contribution in [0.2, 0.25) is 0 Å². The predicted octanol–water partition coefficient (Wildman–Crippen LogP) is 6.39. The lowest BCUT2D eigenvalue weighted by Crippen LogP contribution is -2.31. The van der Waals surface area contributed by atoms with Crippen molar-refractivity contribution >= 4 is 0 Å². The molecule has 0 unspecified atom stereocenters. The smallest absolute Gasteiger partial charge is 0.0982 e. The highest BCUT2D eigenvalue weighted by molar-refractivity contribution is 4.77. The SMILES string of the molecule is CCC(C)(C)CC(C)(C)OO.CCC(C)(C)OOC(C)(C)CC. The fourth-order valence-electron chi connectivity index (χ4n) is 1.65. The molecule has 0 atom stereocenters. The fourth-order valence-corrected chi connectivity index (χ4v) is 1.65. The topological polar surface area (TPSA) is 47.9 Å². The third-order valence-corrected chi connectivity index (χ3v) is 4.30. The Labute approximate surface area is 144 Å². The van der Waals surface area contributed by atoms with Crippen molar-refractivity contribution in [2.45, 2.75) is 119 Å². The Morgan fingerprint density at radius 1 is 0.609 bits per heavy atom. The number of hydrogen-bond acceptors (Lipinski definition) is 4. The van der Waals surface area contributed by atoms with Crippen LogP contribution in [0.15, 0.2) is 0 Å². The van der Waals surface area contributed by atoms with Gasteiger partial charge in [-0.1, -0.05) is 41.0 Å². The summed E-state index contributed by atoms with van der Waals surface area (Å²) in [4.78, 5) is 15.0. The van der Waals surface area contributed by atoms with E-state index >= 15 is 0 Å². The third kappa shape index (κ3) is 13.9. The van der Waals surface area contributed by atoms with Crippen LogP contribution in [-0.2, 0) is 14.7 Å². The summed E-state index contributed by atoms with van der Waals surface area (Å²) in [5.41, 5.74) is -0.523. The van der Waals surface area contributed by atoms with Gasteiger partial charge in [0.15, 0.2) is 0 Å². The van der Waals surface area contributed by atoms with Crippen LogP contribution in [0.4, 0.5) is 0 Å². The first-order chi connectivity index (χ1) is 10.2. The highest BCUT2D eigenvalue weighted by atomic mass is 17.2. The Morgan fingerprint density at radius 3 is 1.17 bits per heavy atom. The maximum Gasteiger partial charge on any atom is 0.0982 e. The molecule has 0 heterocycles. The molecule has 0 aromatic rings. The van der Waals surface area contributed by atoms with E-state index in [4.69, 9.17) is 15.0 Å². The van der Waals surface area contributed by atoms with Gasteiger partial charge in [-0.25, -0.2) is 14.7 Å². The minimum atomic E-state index is -0.417. The molecule has 0 aliphatic heterocycles. The van der Waals surface area contributed by atoms with E-state index < -0.39 is 5.60 Å². The van der Waals surface area contributed by atoms with E-state index in [0.717, 1.165) is 25.7 Å².